The summed E-state index contributed by atoms with van der Waals surface area (Å²) >= 11 is 0. The molecule has 0 aromatic heterocycles. The Balaban J connectivity index is 6.09. The highest BCUT2D eigenvalue weighted by molar-refractivity contribution is 7.74. The number of alkyl halides is 1. The van der Waals surface area contributed by atoms with E-state index >= 15 is 4.39 Å². The summed E-state index contributed by atoms with van der Waals surface area (Å²) in [5.74, 6) is -0.953. The van der Waals surface area contributed by atoms with Gasteiger partial charge in [0, 0.05) is 5.92 Å². The van der Waals surface area contributed by atoms with Crippen molar-refractivity contribution in [3.63, 3.8) is 0 Å². The highest BCUT2D eigenvalue weighted by Gasteiger charge is 2.68. The molecule has 0 radical (unpaired) electrons. The molecule has 0 aromatic carbocycles. The van der Waals surface area contributed by atoms with E-state index in [0.29, 0.717) is 0 Å². The summed E-state index contributed by atoms with van der Waals surface area (Å²) in [5, 5.41) is -2.86. The van der Waals surface area contributed by atoms with Gasteiger partial charge in [-0.25, -0.2) is 4.39 Å². The van der Waals surface area contributed by atoms with Crippen molar-refractivity contribution in [2.24, 2.45) is 5.92 Å². The van der Waals surface area contributed by atoms with Crippen LogP contribution in [-0.4, -0.2) is 31.6 Å². The van der Waals surface area contributed by atoms with Gasteiger partial charge >= 0.3 is 20.3 Å². The van der Waals surface area contributed by atoms with Gasteiger partial charge in [0.05, 0.1) is 26.4 Å². The Kier molecular flexibility index (Phi) is 8.85. The first-order valence-corrected chi connectivity index (χ1v) is 10.2. The molecule has 0 N–H and O–H groups in total. The predicted octanol–water partition coefficient (Wildman–Crippen LogP) is 4.80. The highest BCUT2D eigenvalue weighted by Crippen LogP contribution is 2.80. The van der Waals surface area contributed by atoms with Gasteiger partial charge in [-0.05, 0) is 27.7 Å². The van der Waals surface area contributed by atoms with Crippen LogP contribution in [0.15, 0.2) is 0 Å². The van der Waals surface area contributed by atoms with Crippen molar-refractivity contribution in [2.75, 3.05) is 26.4 Å². The quantitative estimate of drug-likeness (QED) is 0.500. The lowest BCUT2D eigenvalue weighted by molar-refractivity contribution is 0.113. The third-order valence-corrected chi connectivity index (χ3v) is 9.13. The van der Waals surface area contributed by atoms with Crippen LogP contribution >= 0.6 is 15.2 Å². The summed E-state index contributed by atoms with van der Waals surface area (Å²) in [4.78, 5) is 0. The summed E-state index contributed by atoms with van der Waals surface area (Å²) in [6.45, 7) is 8.91. The molecule has 0 unspecified atom stereocenters. The SMILES string of the molecule is CCOP(=O)(OCC)C(F)(C(C)C)P(=O)(OCC)OCC. The molecule has 0 saturated heterocycles. The number of hydrogen-bond donors (Lipinski definition) is 0. The second-order valence-corrected chi connectivity index (χ2v) is 9.13. The Bertz CT molecular complexity index is 351. The van der Waals surface area contributed by atoms with E-state index in [1.807, 2.05) is 0 Å². The largest absolute Gasteiger partial charge is 0.380 e. The van der Waals surface area contributed by atoms with Crippen molar-refractivity contribution in [3.8, 4) is 0 Å². The molecule has 0 atom stereocenters. The van der Waals surface area contributed by atoms with E-state index in [0.717, 1.165) is 0 Å². The third kappa shape index (κ3) is 4.15. The lowest BCUT2D eigenvalue weighted by Gasteiger charge is -2.38. The molecule has 0 aromatic rings. The summed E-state index contributed by atoms with van der Waals surface area (Å²) in [5.41, 5.74) is 0. The van der Waals surface area contributed by atoms with Gasteiger partial charge in [0.2, 0.25) is 0 Å². The first-order chi connectivity index (χ1) is 9.69. The summed E-state index contributed by atoms with van der Waals surface area (Å²) < 4.78 is 61.8. The number of rotatable bonds is 11. The molecule has 0 fully saturated rings. The topological polar surface area (TPSA) is 71.1 Å². The smallest absolute Gasteiger partial charge is 0.306 e. The Morgan fingerprint density at radius 2 is 1.05 bits per heavy atom. The third-order valence-electron chi connectivity index (χ3n) is 2.70. The van der Waals surface area contributed by atoms with Crippen LogP contribution in [0.1, 0.15) is 41.5 Å². The summed E-state index contributed by atoms with van der Waals surface area (Å²) in [6, 6.07) is 0. The minimum absolute atomic E-state index is 0.0477. The summed E-state index contributed by atoms with van der Waals surface area (Å²) in [7, 11) is -8.72. The van der Waals surface area contributed by atoms with Gasteiger partial charge in [0.1, 0.15) is 0 Å². The van der Waals surface area contributed by atoms with E-state index in [1.165, 1.54) is 13.8 Å². The van der Waals surface area contributed by atoms with E-state index in [2.05, 4.69) is 0 Å². The fourth-order valence-corrected chi connectivity index (χ4v) is 7.29. The van der Waals surface area contributed by atoms with E-state index in [-0.39, 0.29) is 26.4 Å². The van der Waals surface area contributed by atoms with Crippen LogP contribution in [0.2, 0.25) is 0 Å². The second kappa shape index (κ2) is 8.76. The maximum absolute atomic E-state index is 15.7. The average Bonchev–Trinajstić information content (AvgIpc) is 2.38. The van der Waals surface area contributed by atoms with E-state index in [9.17, 15) is 9.13 Å². The van der Waals surface area contributed by atoms with Crippen molar-refractivity contribution >= 4 is 15.2 Å². The molecule has 0 spiro atoms. The van der Waals surface area contributed by atoms with Crippen LogP contribution in [0.4, 0.5) is 4.39 Å². The zero-order valence-electron chi connectivity index (χ0n) is 13.6. The molecule has 0 heterocycles. The Morgan fingerprint density at radius 1 is 0.810 bits per heavy atom. The molecular weight excluding hydrogens is 321 g/mol. The van der Waals surface area contributed by atoms with E-state index in [4.69, 9.17) is 18.1 Å². The maximum Gasteiger partial charge on any atom is 0.380 e. The average molecular weight is 348 g/mol. The van der Waals surface area contributed by atoms with Crippen LogP contribution in [0.25, 0.3) is 0 Å². The van der Waals surface area contributed by atoms with Gasteiger partial charge in [-0.15, -0.1) is 0 Å². The van der Waals surface area contributed by atoms with Gasteiger partial charge in [-0.3, -0.25) is 9.13 Å². The molecule has 0 saturated carbocycles. The van der Waals surface area contributed by atoms with Crippen LogP contribution in [0.3, 0.4) is 0 Å². The Labute approximate surface area is 126 Å². The monoisotopic (exact) mass is 348 g/mol. The van der Waals surface area contributed by atoms with Crippen LogP contribution < -0.4 is 0 Å². The fourth-order valence-electron chi connectivity index (χ4n) is 1.90. The molecular formula is C12H27FO6P2. The lowest BCUT2D eigenvalue weighted by atomic mass is 10.2. The van der Waals surface area contributed by atoms with Crippen molar-refractivity contribution < 1.29 is 31.6 Å². The highest BCUT2D eigenvalue weighted by atomic mass is 31.2. The van der Waals surface area contributed by atoms with E-state index < -0.39 is 26.3 Å². The molecule has 21 heavy (non-hydrogen) atoms. The molecule has 0 aliphatic heterocycles. The molecule has 0 amide bonds. The fraction of sp³-hybridized carbons (Fsp3) is 1.00. The minimum atomic E-state index is -4.36. The minimum Gasteiger partial charge on any atom is -0.306 e. The zero-order valence-corrected chi connectivity index (χ0v) is 15.4. The molecule has 6 nitrogen and oxygen atoms in total. The van der Waals surface area contributed by atoms with Gasteiger partial charge in [0.15, 0.2) is 0 Å². The second-order valence-electron chi connectivity index (χ2n) is 4.46. The Morgan fingerprint density at radius 3 is 1.19 bits per heavy atom. The molecule has 0 rings (SSSR count). The molecule has 0 aliphatic carbocycles. The lowest BCUT2D eigenvalue weighted by Crippen LogP contribution is -2.34. The summed E-state index contributed by atoms with van der Waals surface area (Å²) in [6.07, 6.45) is 0. The van der Waals surface area contributed by atoms with E-state index in [1.54, 1.807) is 27.7 Å². The van der Waals surface area contributed by atoms with Crippen molar-refractivity contribution in [1.82, 2.24) is 0 Å². The van der Waals surface area contributed by atoms with Crippen LogP contribution in [0.5, 0.6) is 0 Å². The molecule has 0 aliphatic rings. The van der Waals surface area contributed by atoms with Crippen molar-refractivity contribution in [1.29, 1.82) is 0 Å². The molecule has 0 bridgehead atoms. The van der Waals surface area contributed by atoms with Crippen molar-refractivity contribution in [3.05, 3.63) is 0 Å². The predicted molar refractivity (Wildman–Crippen MR) is 80.4 cm³/mol. The Hall–Kier alpha value is 0.230. The molecule has 128 valence electrons. The van der Waals surface area contributed by atoms with Gasteiger partial charge in [0.25, 0.3) is 0 Å². The normalized spacial score (nSPS) is 13.9. The zero-order chi connectivity index (χ0) is 16.7. The molecule has 9 heteroatoms. The van der Waals surface area contributed by atoms with Gasteiger partial charge in [-0.1, -0.05) is 13.8 Å². The first-order valence-electron chi connectivity index (χ1n) is 7.16. The van der Waals surface area contributed by atoms with Gasteiger partial charge < -0.3 is 18.1 Å². The van der Waals surface area contributed by atoms with Crippen LogP contribution in [0, 0.1) is 5.92 Å². The first kappa shape index (κ1) is 21.2. The van der Waals surface area contributed by atoms with Crippen LogP contribution in [-0.2, 0) is 27.2 Å². The van der Waals surface area contributed by atoms with Gasteiger partial charge in [-0.2, -0.15) is 0 Å². The maximum atomic E-state index is 15.7. The standard InChI is InChI=1S/C12H27FO6P2/c1-7-16-20(14,17-8-2)12(13,11(5)6)21(15,18-9-3)19-10-4/h11H,7-10H2,1-6H3. The number of hydrogen-bond acceptors (Lipinski definition) is 6. The van der Waals surface area contributed by atoms with Crippen molar-refractivity contribution in [2.45, 2.75) is 46.7 Å². The number of halogens is 1.